The maximum atomic E-state index is 12.7. The van der Waals surface area contributed by atoms with Gasteiger partial charge in [-0.3, -0.25) is 4.79 Å². The average Bonchev–Trinajstić information content (AvgIpc) is 3.30. The van der Waals surface area contributed by atoms with Crippen molar-refractivity contribution in [3.05, 3.63) is 58.7 Å². The van der Waals surface area contributed by atoms with Gasteiger partial charge in [-0.05, 0) is 51.0 Å². The fourth-order valence-electron chi connectivity index (χ4n) is 3.20. The molecule has 0 radical (unpaired) electrons. The normalized spacial score (nSPS) is 11.1. The summed E-state index contributed by atoms with van der Waals surface area (Å²) in [6.45, 7) is 7.71. The van der Waals surface area contributed by atoms with Crippen LogP contribution in [0.1, 0.15) is 39.6 Å². The molecule has 160 valence electrons. The summed E-state index contributed by atoms with van der Waals surface area (Å²) in [6.07, 6.45) is 0.907. The predicted octanol–water partition coefficient (Wildman–Crippen LogP) is 4.39. The highest BCUT2D eigenvalue weighted by Crippen LogP contribution is 2.22. The molecule has 0 unspecified atom stereocenters. The number of rotatable bonds is 11. The number of aryl methyl sites for hydroxylation is 2. The topological polar surface area (TPSA) is 79.4 Å². The number of aromatic nitrogens is 3. The first-order valence-corrected chi connectivity index (χ1v) is 10.8. The van der Waals surface area contributed by atoms with E-state index >= 15 is 0 Å². The molecule has 2 aromatic heterocycles. The van der Waals surface area contributed by atoms with E-state index in [1.807, 2.05) is 51.1 Å². The average molecular weight is 430 g/mol. The lowest BCUT2D eigenvalue weighted by molar-refractivity contribution is 0.102. The van der Waals surface area contributed by atoms with Gasteiger partial charge in [0.05, 0.1) is 5.75 Å². The van der Waals surface area contributed by atoms with Gasteiger partial charge in [-0.1, -0.05) is 23.9 Å². The molecule has 7 nitrogen and oxygen atoms in total. The van der Waals surface area contributed by atoms with Gasteiger partial charge in [0.25, 0.3) is 11.1 Å². The van der Waals surface area contributed by atoms with Crippen molar-refractivity contribution >= 4 is 17.5 Å². The zero-order chi connectivity index (χ0) is 21.5. The van der Waals surface area contributed by atoms with Crippen LogP contribution in [0.4, 0.5) is 0 Å². The van der Waals surface area contributed by atoms with Crippen molar-refractivity contribution in [3.63, 3.8) is 0 Å². The van der Waals surface area contributed by atoms with E-state index in [-0.39, 0.29) is 18.1 Å². The number of hydrogen-bond acceptors (Lipinski definition) is 7. The number of Topliss-reactive ketones (excluding diaryl/α,β-unsaturated/α-hetero) is 1. The Labute approximate surface area is 180 Å². The molecule has 0 aliphatic rings. The van der Waals surface area contributed by atoms with Crippen molar-refractivity contribution in [2.24, 2.45) is 0 Å². The number of thioether (sulfide) groups is 1. The fourth-order valence-corrected chi connectivity index (χ4v) is 3.87. The summed E-state index contributed by atoms with van der Waals surface area (Å²) in [7, 11) is 1.69. The van der Waals surface area contributed by atoms with E-state index in [0.29, 0.717) is 17.7 Å². The Balaban J connectivity index is 1.53. The number of nitrogens with zero attached hydrogens (tertiary/aromatic N) is 3. The standard InChI is InChI=1S/C22H27N3O4S/c1-15-7-5-8-18(11-15)28-13-21-23-24-22(29-21)30-14-20(26)19-12-16(2)25(17(19)3)9-6-10-27-4/h5,7-8,11-12H,6,9-10,13-14H2,1-4H3. The predicted molar refractivity (Wildman–Crippen MR) is 115 cm³/mol. The SMILES string of the molecule is COCCCn1c(C)cc(C(=O)CSc2nnc(COc3cccc(C)c3)o2)c1C. The van der Waals surface area contributed by atoms with Crippen LogP contribution < -0.4 is 4.74 Å². The largest absolute Gasteiger partial charge is 0.484 e. The van der Waals surface area contributed by atoms with Crippen LogP contribution in [-0.4, -0.2) is 40.0 Å². The van der Waals surface area contributed by atoms with E-state index in [1.165, 1.54) is 11.8 Å². The van der Waals surface area contributed by atoms with Gasteiger partial charge in [0.1, 0.15) is 5.75 Å². The van der Waals surface area contributed by atoms with Crippen molar-refractivity contribution in [2.75, 3.05) is 19.5 Å². The van der Waals surface area contributed by atoms with E-state index in [9.17, 15) is 4.79 Å². The second-order valence-electron chi connectivity index (χ2n) is 7.06. The molecule has 0 atom stereocenters. The van der Waals surface area contributed by atoms with Gasteiger partial charge in [-0.2, -0.15) is 0 Å². The lowest BCUT2D eigenvalue weighted by Gasteiger charge is -2.09. The van der Waals surface area contributed by atoms with Gasteiger partial charge in [0.15, 0.2) is 12.4 Å². The Bertz CT molecular complexity index is 996. The summed E-state index contributed by atoms with van der Waals surface area (Å²) < 4.78 is 18.5. The quantitative estimate of drug-likeness (QED) is 0.254. The van der Waals surface area contributed by atoms with Gasteiger partial charge >= 0.3 is 0 Å². The minimum atomic E-state index is 0.0434. The summed E-state index contributed by atoms with van der Waals surface area (Å²) in [5.74, 6) is 1.41. The minimum Gasteiger partial charge on any atom is -0.484 e. The highest BCUT2D eigenvalue weighted by Gasteiger charge is 2.17. The highest BCUT2D eigenvalue weighted by molar-refractivity contribution is 7.99. The fraction of sp³-hybridized carbons (Fsp3) is 0.409. The summed E-state index contributed by atoms with van der Waals surface area (Å²) in [6, 6.07) is 9.70. The second-order valence-corrected chi connectivity index (χ2v) is 7.99. The molecule has 8 heteroatoms. The Morgan fingerprint density at radius 2 is 2.03 bits per heavy atom. The molecule has 1 aromatic carbocycles. The summed E-state index contributed by atoms with van der Waals surface area (Å²) >= 11 is 1.24. The van der Waals surface area contributed by atoms with Crippen LogP contribution in [-0.2, 0) is 17.9 Å². The molecule has 0 bridgehead atoms. The Kier molecular flexibility index (Phi) is 7.70. The van der Waals surface area contributed by atoms with Gasteiger partial charge in [-0.15, -0.1) is 10.2 Å². The molecule has 0 fully saturated rings. The van der Waals surface area contributed by atoms with Crippen molar-refractivity contribution < 1.29 is 18.7 Å². The zero-order valence-electron chi connectivity index (χ0n) is 17.8. The third kappa shape index (κ3) is 5.73. The van der Waals surface area contributed by atoms with Crippen LogP contribution in [0, 0.1) is 20.8 Å². The molecule has 30 heavy (non-hydrogen) atoms. The molecule has 0 aliphatic heterocycles. The summed E-state index contributed by atoms with van der Waals surface area (Å²) in [4.78, 5) is 12.7. The molecule has 0 saturated heterocycles. The molecule has 0 amide bonds. The zero-order valence-corrected chi connectivity index (χ0v) is 18.6. The maximum Gasteiger partial charge on any atom is 0.277 e. The molecule has 0 saturated carbocycles. The molecule has 3 aromatic rings. The monoisotopic (exact) mass is 429 g/mol. The van der Waals surface area contributed by atoms with E-state index < -0.39 is 0 Å². The number of methoxy groups -OCH3 is 1. The van der Waals surface area contributed by atoms with Crippen molar-refractivity contribution in [3.8, 4) is 5.75 Å². The minimum absolute atomic E-state index is 0.0434. The first kappa shape index (κ1) is 22.1. The van der Waals surface area contributed by atoms with Crippen molar-refractivity contribution in [1.29, 1.82) is 0 Å². The molecule has 3 rings (SSSR count). The number of ether oxygens (including phenoxy) is 2. The molecule has 0 N–H and O–H groups in total. The number of ketones is 1. The molecule has 0 aliphatic carbocycles. The third-order valence-electron chi connectivity index (χ3n) is 4.73. The Morgan fingerprint density at radius 1 is 1.20 bits per heavy atom. The van der Waals surface area contributed by atoms with E-state index in [1.54, 1.807) is 7.11 Å². The molecular formula is C22H27N3O4S. The smallest absolute Gasteiger partial charge is 0.277 e. The van der Waals surface area contributed by atoms with Crippen molar-refractivity contribution in [2.45, 2.75) is 45.6 Å². The first-order valence-electron chi connectivity index (χ1n) is 9.81. The first-order chi connectivity index (χ1) is 14.5. The number of hydrogen-bond donors (Lipinski definition) is 0. The lowest BCUT2D eigenvalue weighted by Crippen LogP contribution is -2.08. The lowest BCUT2D eigenvalue weighted by atomic mass is 10.2. The number of carbonyl (C=O) groups is 1. The maximum absolute atomic E-state index is 12.7. The van der Waals surface area contributed by atoms with Gasteiger partial charge in [0.2, 0.25) is 0 Å². The Morgan fingerprint density at radius 3 is 2.80 bits per heavy atom. The number of carbonyl (C=O) groups excluding carboxylic acids is 1. The molecule has 2 heterocycles. The summed E-state index contributed by atoms with van der Waals surface area (Å²) in [5.41, 5.74) is 3.91. The van der Waals surface area contributed by atoms with Crippen LogP contribution in [0.5, 0.6) is 5.75 Å². The van der Waals surface area contributed by atoms with Gasteiger partial charge < -0.3 is 18.5 Å². The summed E-state index contributed by atoms with van der Waals surface area (Å²) in [5, 5.41) is 8.36. The third-order valence-corrected chi connectivity index (χ3v) is 5.55. The van der Waals surface area contributed by atoms with E-state index in [0.717, 1.165) is 41.2 Å². The van der Waals surface area contributed by atoms with Crippen LogP contribution in [0.25, 0.3) is 0 Å². The van der Waals surface area contributed by atoms with E-state index in [4.69, 9.17) is 13.9 Å². The van der Waals surface area contributed by atoms with Gasteiger partial charge in [-0.25, -0.2) is 0 Å². The van der Waals surface area contributed by atoms with Crippen LogP contribution >= 0.6 is 11.8 Å². The highest BCUT2D eigenvalue weighted by atomic mass is 32.2. The molecular weight excluding hydrogens is 402 g/mol. The second kappa shape index (κ2) is 10.4. The number of benzene rings is 1. The van der Waals surface area contributed by atoms with E-state index in [2.05, 4.69) is 14.8 Å². The van der Waals surface area contributed by atoms with Crippen LogP contribution in [0.15, 0.2) is 40.0 Å². The Hall–Kier alpha value is -2.58. The van der Waals surface area contributed by atoms with Crippen LogP contribution in [0.3, 0.4) is 0 Å². The van der Waals surface area contributed by atoms with Crippen LogP contribution in [0.2, 0.25) is 0 Å². The van der Waals surface area contributed by atoms with Crippen molar-refractivity contribution in [1.82, 2.24) is 14.8 Å². The van der Waals surface area contributed by atoms with Gasteiger partial charge in [0, 0.05) is 37.2 Å². The molecule has 0 spiro atoms.